The highest BCUT2D eigenvalue weighted by Crippen LogP contribution is 2.27. The Kier molecular flexibility index (Phi) is 8.08. The molecule has 0 aliphatic rings. The second-order valence-corrected chi connectivity index (χ2v) is 7.90. The highest BCUT2D eigenvalue weighted by Gasteiger charge is 2.09. The second-order valence-electron chi connectivity index (χ2n) is 6.91. The third-order valence-electron chi connectivity index (χ3n) is 4.71. The Morgan fingerprint density at radius 2 is 1.82 bits per heavy atom. The molecule has 0 fully saturated rings. The number of rotatable bonds is 12. The van der Waals surface area contributed by atoms with Crippen molar-refractivity contribution in [1.29, 1.82) is 0 Å². The first-order valence-electron chi connectivity index (χ1n) is 9.90. The first kappa shape index (κ1) is 20.6. The van der Waals surface area contributed by atoms with Crippen LogP contribution in [-0.2, 0) is 17.8 Å². The summed E-state index contributed by atoms with van der Waals surface area (Å²) in [5, 5.41) is 13.3. The summed E-state index contributed by atoms with van der Waals surface area (Å²) in [6, 6.07) is 13.8. The number of ether oxygens (including phenoxy) is 1. The molecule has 6 heteroatoms. The third-order valence-corrected chi connectivity index (χ3v) is 5.67. The van der Waals surface area contributed by atoms with Gasteiger partial charge in [0.2, 0.25) is 0 Å². The van der Waals surface area contributed by atoms with Crippen LogP contribution in [0.2, 0.25) is 0 Å². The molecule has 2 aromatic carbocycles. The van der Waals surface area contributed by atoms with E-state index in [1.165, 1.54) is 18.4 Å². The van der Waals surface area contributed by atoms with Crippen molar-refractivity contribution in [3.05, 3.63) is 63.3 Å². The molecule has 0 spiro atoms. The predicted octanol–water partition coefficient (Wildman–Crippen LogP) is 4.20. The van der Waals surface area contributed by atoms with Gasteiger partial charge in [-0.3, -0.25) is 4.79 Å². The van der Waals surface area contributed by atoms with Crippen LogP contribution in [0.4, 0.5) is 0 Å². The third kappa shape index (κ3) is 6.19. The molecule has 150 valence electrons. The number of aromatic amines is 1. The van der Waals surface area contributed by atoms with Gasteiger partial charge in [0.1, 0.15) is 11.3 Å². The molecular weight excluding hydrogens is 372 g/mol. The van der Waals surface area contributed by atoms with Gasteiger partial charge in [0.15, 0.2) is 0 Å². The first-order valence-corrected chi connectivity index (χ1v) is 10.7. The molecule has 0 aliphatic heterocycles. The van der Waals surface area contributed by atoms with E-state index in [2.05, 4.69) is 22.4 Å². The quantitative estimate of drug-likeness (QED) is 0.398. The average Bonchev–Trinajstić information content (AvgIpc) is 3.11. The topological polar surface area (TPSA) is 74.4 Å². The van der Waals surface area contributed by atoms with Crippen molar-refractivity contribution < 1.29 is 9.84 Å². The predicted molar refractivity (Wildman–Crippen MR) is 115 cm³/mol. The molecule has 0 saturated heterocycles. The highest BCUT2D eigenvalue weighted by atomic mass is 32.1. The van der Waals surface area contributed by atoms with Crippen molar-refractivity contribution in [2.45, 2.75) is 38.7 Å². The van der Waals surface area contributed by atoms with Crippen LogP contribution in [0.1, 0.15) is 36.8 Å². The summed E-state index contributed by atoms with van der Waals surface area (Å²) < 4.78 is 6.57. The molecule has 0 amide bonds. The zero-order valence-corrected chi connectivity index (χ0v) is 16.9. The number of nitrogens with one attached hydrogen (secondary N) is 2. The Hall–Kier alpha value is -2.15. The number of hydrogen-bond donors (Lipinski definition) is 3. The van der Waals surface area contributed by atoms with Gasteiger partial charge >= 0.3 is 4.87 Å². The van der Waals surface area contributed by atoms with Crippen LogP contribution in [0.15, 0.2) is 47.3 Å². The van der Waals surface area contributed by atoms with Gasteiger partial charge < -0.3 is 20.1 Å². The lowest BCUT2D eigenvalue weighted by Crippen LogP contribution is -2.18. The summed E-state index contributed by atoms with van der Waals surface area (Å²) in [7, 11) is 0. The average molecular weight is 401 g/mol. The van der Waals surface area contributed by atoms with E-state index in [0.29, 0.717) is 12.1 Å². The van der Waals surface area contributed by atoms with Gasteiger partial charge in [-0.1, -0.05) is 60.6 Å². The van der Waals surface area contributed by atoms with E-state index in [9.17, 15) is 9.90 Å². The molecule has 0 radical (unpaired) electrons. The molecule has 3 rings (SSSR count). The fourth-order valence-electron chi connectivity index (χ4n) is 3.19. The van der Waals surface area contributed by atoms with Gasteiger partial charge in [0, 0.05) is 6.61 Å². The zero-order chi connectivity index (χ0) is 19.6. The van der Waals surface area contributed by atoms with Gasteiger partial charge in [-0.05, 0) is 49.5 Å². The Morgan fingerprint density at radius 1 is 1.00 bits per heavy atom. The van der Waals surface area contributed by atoms with Crippen molar-refractivity contribution >= 4 is 21.6 Å². The van der Waals surface area contributed by atoms with E-state index in [4.69, 9.17) is 4.74 Å². The standard InChI is InChI=1S/C22H28N2O3S/c25-19-11-10-18(21-20(19)24-22(26)28-21)12-14-23-13-6-1-2-7-15-27-16-17-8-4-3-5-9-17/h3-5,8-11,23,25H,1-2,6-7,12-16H2,(H,24,26). The number of hydrogen-bond acceptors (Lipinski definition) is 5. The summed E-state index contributed by atoms with van der Waals surface area (Å²) in [6.07, 6.45) is 5.49. The normalized spacial score (nSPS) is 11.3. The molecule has 3 aromatic rings. The van der Waals surface area contributed by atoms with E-state index in [-0.39, 0.29) is 10.6 Å². The molecule has 0 atom stereocenters. The van der Waals surface area contributed by atoms with Gasteiger partial charge in [-0.15, -0.1) is 0 Å². The second kappa shape index (κ2) is 11.0. The summed E-state index contributed by atoms with van der Waals surface area (Å²) in [4.78, 5) is 14.1. The van der Waals surface area contributed by atoms with Crippen LogP contribution >= 0.6 is 11.3 Å². The van der Waals surface area contributed by atoms with E-state index in [1.807, 2.05) is 24.3 Å². The van der Waals surface area contributed by atoms with Crippen LogP contribution in [0.3, 0.4) is 0 Å². The molecule has 0 unspecified atom stereocenters. The Balaban J connectivity index is 1.22. The van der Waals surface area contributed by atoms with Crippen molar-refractivity contribution in [2.75, 3.05) is 19.7 Å². The molecule has 5 nitrogen and oxygen atoms in total. The fraction of sp³-hybridized carbons (Fsp3) is 0.409. The Morgan fingerprint density at radius 3 is 2.68 bits per heavy atom. The number of aromatic hydroxyl groups is 1. The minimum absolute atomic E-state index is 0.126. The minimum atomic E-state index is -0.126. The zero-order valence-electron chi connectivity index (χ0n) is 16.1. The summed E-state index contributed by atoms with van der Waals surface area (Å²) in [5.74, 6) is 0.137. The van der Waals surface area contributed by atoms with Crippen molar-refractivity contribution in [3.8, 4) is 5.75 Å². The number of fused-ring (bicyclic) bond motifs is 1. The van der Waals surface area contributed by atoms with Crippen LogP contribution in [-0.4, -0.2) is 29.8 Å². The van der Waals surface area contributed by atoms with E-state index in [0.717, 1.165) is 60.6 Å². The molecule has 1 aromatic heterocycles. The van der Waals surface area contributed by atoms with Crippen molar-refractivity contribution in [1.82, 2.24) is 10.3 Å². The van der Waals surface area contributed by atoms with Crippen LogP contribution in [0, 0.1) is 0 Å². The van der Waals surface area contributed by atoms with Gasteiger partial charge in [0.05, 0.1) is 11.3 Å². The molecule has 28 heavy (non-hydrogen) atoms. The lowest BCUT2D eigenvalue weighted by Gasteiger charge is -2.07. The summed E-state index contributed by atoms with van der Waals surface area (Å²) in [5.41, 5.74) is 2.88. The van der Waals surface area contributed by atoms with Crippen LogP contribution < -0.4 is 10.2 Å². The summed E-state index contributed by atoms with van der Waals surface area (Å²) in [6.45, 7) is 3.38. The van der Waals surface area contributed by atoms with Gasteiger partial charge in [-0.2, -0.15) is 0 Å². The van der Waals surface area contributed by atoms with Crippen LogP contribution in [0.25, 0.3) is 10.2 Å². The van der Waals surface area contributed by atoms with E-state index in [1.54, 1.807) is 6.07 Å². The highest BCUT2D eigenvalue weighted by molar-refractivity contribution is 7.16. The van der Waals surface area contributed by atoms with Crippen molar-refractivity contribution in [2.24, 2.45) is 0 Å². The van der Waals surface area contributed by atoms with Crippen LogP contribution in [0.5, 0.6) is 5.75 Å². The maximum absolute atomic E-state index is 11.5. The number of benzene rings is 2. The van der Waals surface area contributed by atoms with E-state index >= 15 is 0 Å². The molecular formula is C22H28N2O3S. The molecule has 1 heterocycles. The maximum atomic E-state index is 11.5. The number of thiazole rings is 1. The van der Waals surface area contributed by atoms with E-state index < -0.39 is 0 Å². The maximum Gasteiger partial charge on any atom is 0.305 e. The fourth-order valence-corrected chi connectivity index (χ4v) is 4.09. The van der Waals surface area contributed by atoms with Gasteiger partial charge in [-0.25, -0.2) is 0 Å². The lowest BCUT2D eigenvalue weighted by atomic mass is 10.1. The number of aromatic nitrogens is 1. The van der Waals surface area contributed by atoms with Crippen molar-refractivity contribution in [3.63, 3.8) is 0 Å². The molecule has 3 N–H and O–H groups in total. The molecule has 0 saturated carbocycles. The Labute approximate surface area is 169 Å². The monoisotopic (exact) mass is 400 g/mol. The molecule has 0 bridgehead atoms. The SMILES string of the molecule is O=c1[nH]c2c(O)ccc(CCNCCCCCCOCc3ccccc3)c2s1. The number of unbranched alkanes of at least 4 members (excludes halogenated alkanes) is 3. The lowest BCUT2D eigenvalue weighted by molar-refractivity contribution is 0.116. The number of phenolic OH excluding ortho intramolecular Hbond substituents is 1. The first-order chi connectivity index (χ1) is 13.7. The number of phenols is 1. The Bertz CT molecular complexity index is 905. The smallest absolute Gasteiger partial charge is 0.305 e. The van der Waals surface area contributed by atoms with Gasteiger partial charge in [0.25, 0.3) is 0 Å². The number of H-pyrrole nitrogens is 1. The molecule has 0 aliphatic carbocycles. The largest absolute Gasteiger partial charge is 0.506 e. The summed E-state index contributed by atoms with van der Waals surface area (Å²) >= 11 is 1.16. The minimum Gasteiger partial charge on any atom is -0.506 e.